The third kappa shape index (κ3) is 2.45. The van der Waals surface area contributed by atoms with E-state index >= 15 is 0 Å². The maximum Gasteiger partial charge on any atom is 0.312 e. The van der Waals surface area contributed by atoms with E-state index in [1.54, 1.807) is 21.1 Å². The number of fused-ring (bicyclic) bond motifs is 1. The van der Waals surface area contributed by atoms with Crippen LogP contribution in [0.1, 0.15) is 16.7 Å². The summed E-state index contributed by atoms with van der Waals surface area (Å²) in [5.41, 5.74) is 0. The molecule has 0 bridgehead atoms. The lowest BCUT2D eigenvalue weighted by Gasteiger charge is -2.43. The van der Waals surface area contributed by atoms with Gasteiger partial charge < -0.3 is 15.1 Å². The van der Waals surface area contributed by atoms with Crippen LogP contribution in [0, 0.1) is 0 Å². The first kappa shape index (κ1) is 13.6. The summed E-state index contributed by atoms with van der Waals surface area (Å²) < 4.78 is 0. The predicted octanol–water partition coefficient (Wildman–Crippen LogP) is 0.453. The van der Waals surface area contributed by atoms with Gasteiger partial charge in [0.15, 0.2) is 0 Å². The van der Waals surface area contributed by atoms with E-state index in [0.29, 0.717) is 19.6 Å². The molecule has 5 nitrogen and oxygen atoms in total. The standard InChI is InChI=1S/C14H19N3O2S/c1-2-11-3-4-12(20-11)9-16-8-10-7-15-5-6-17(10)14(19)13(16)18/h3-4,10,15H,2,5-9H2,1H3. The first-order chi connectivity index (χ1) is 9.69. The summed E-state index contributed by atoms with van der Waals surface area (Å²) >= 11 is 1.72. The molecule has 2 aliphatic heterocycles. The van der Waals surface area contributed by atoms with Crippen LogP contribution in [0.3, 0.4) is 0 Å². The molecule has 1 aromatic heterocycles. The van der Waals surface area contributed by atoms with Crippen LogP contribution in [0.15, 0.2) is 12.1 Å². The van der Waals surface area contributed by atoms with E-state index in [1.165, 1.54) is 4.88 Å². The minimum atomic E-state index is -0.352. The molecule has 0 aromatic carbocycles. The zero-order chi connectivity index (χ0) is 14.1. The summed E-state index contributed by atoms with van der Waals surface area (Å²) in [6.07, 6.45) is 1.01. The Bertz CT molecular complexity index is 528. The van der Waals surface area contributed by atoms with Gasteiger partial charge in [-0.25, -0.2) is 0 Å². The van der Waals surface area contributed by atoms with Crippen molar-refractivity contribution in [3.05, 3.63) is 21.9 Å². The van der Waals surface area contributed by atoms with E-state index in [1.807, 2.05) is 0 Å². The number of hydrogen-bond donors (Lipinski definition) is 1. The highest BCUT2D eigenvalue weighted by Gasteiger charge is 2.39. The van der Waals surface area contributed by atoms with Gasteiger partial charge >= 0.3 is 11.8 Å². The average molecular weight is 293 g/mol. The fourth-order valence-corrected chi connectivity index (χ4v) is 3.78. The Morgan fingerprint density at radius 1 is 1.30 bits per heavy atom. The number of thiophene rings is 1. The van der Waals surface area contributed by atoms with Crippen LogP contribution in [0.4, 0.5) is 0 Å². The van der Waals surface area contributed by atoms with Crippen molar-refractivity contribution in [3.63, 3.8) is 0 Å². The van der Waals surface area contributed by atoms with Crippen molar-refractivity contribution >= 4 is 23.2 Å². The van der Waals surface area contributed by atoms with Gasteiger partial charge in [-0.05, 0) is 18.6 Å². The Balaban J connectivity index is 1.72. The Kier molecular flexibility index (Phi) is 3.76. The lowest BCUT2D eigenvalue weighted by molar-refractivity contribution is -0.160. The monoisotopic (exact) mass is 293 g/mol. The van der Waals surface area contributed by atoms with E-state index < -0.39 is 0 Å². The number of rotatable bonds is 3. The Labute approximate surface area is 122 Å². The second-order valence-electron chi connectivity index (χ2n) is 5.26. The van der Waals surface area contributed by atoms with Gasteiger partial charge in [-0.2, -0.15) is 0 Å². The first-order valence-electron chi connectivity index (χ1n) is 7.07. The Morgan fingerprint density at radius 3 is 2.85 bits per heavy atom. The van der Waals surface area contributed by atoms with Crippen molar-refractivity contribution in [2.45, 2.75) is 25.9 Å². The molecule has 2 saturated heterocycles. The van der Waals surface area contributed by atoms with Gasteiger partial charge in [0.25, 0.3) is 0 Å². The van der Waals surface area contributed by atoms with Crippen LogP contribution in [-0.4, -0.2) is 53.8 Å². The molecule has 1 N–H and O–H groups in total. The summed E-state index contributed by atoms with van der Waals surface area (Å²) in [5, 5.41) is 3.29. The van der Waals surface area contributed by atoms with Crippen LogP contribution in [0.5, 0.6) is 0 Å². The second-order valence-corrected chi connectivity index (χ2v) is 6.52. The molecule has 0 spiro atoms. The van der Waals surface area contributed by atoms with Gasteiger partial charge in [-0.1, -0.05) is 6.92 Å². The number of carbonyl (C=O) groups excluding carboxylic acids is 2. The number of nitrogens with one attached hydrogen (secondary N) is 1. The normalized spacial score (nSPS) is 23.1. The van der Waals surface area contributed by atoms with Crippen LogP contribution >= 0.6 is 11.3 Å². The molecule has 2 fully saturated rings. The number of amides is 2. The molecule has 20 heavy (non-hydrogen) atoms. The van der Waals surface area contributed by atoms with Gasteiger partial charge in [0, 0.05) is 35.9 Å². The third-order valence-electron chi connectivity index (χ3n) is 3.92. The van der Waals surface area contributed by atoms with Crippen molar-refractivity contribution in [2.75, 3.05) is 26.2 Å². The molecular weight excluding hydrogens is 274 g/mol. The fraction of sp³-hybridized carbons (Fsp3) is 0.571. The molecule has 108 valence electrons. The van der Waals surface area contributed by atoms with E-state index in [9.17, 15) is 9.59 Å². The molecule has 1 aromatic rings. The minimum Gasteiger partial charge on any atom is -0.327 e. The molecular formula is C14H19N3O2S. The van der Waals surface area contributed by atoms with Gasteiger partial charge in [-0.15, -0.1) is 11.3 Å². The zero-order valence-electron chi connectivity index (χ0n) is 11.6. The Morgan fingerprint density at radius 2 is 2.10 bits per heavy atom. The second kappa shape index (κ2) is 5.54. The molecule has 3 heterocycles. The maximum atomic E-state index is 12.2. The molecule has 2 amide bonds. The van der Waals surface area contributed by atoms with Crippen molar-refractivity contribution in [1.29, 1.82) is 0 Å². The van der Waals surface area contributed by atoms with Crippen LogP contribution in [0.2, 0.25) is 0 Å². The molecule has 6 heteroatoms. The summed E-state index contributed by atoms with van der Waals surface area (Å²) in [4.78, 5) is 30.2. The molecule has 1 atom stereocenters. The third-order valence-corrected chi connectivity index (χ3v) is 5.14. The SMILES string of the molecule is CCc1ccc(CN2CC3CNCCN3C(=O)C2=O)s1. The summed E-state index contributed by atoms with van der Waals surface area (Å²) in [6, 6.07) is 4.29. The quantitative estimate of drug-likeness (QED) is 0.824. The van der Waals surface area contributed by atoms with Gasteiger partial charge in [0.1, 0.15) is 0 Å². The van der Waals surface area contributed by atoms with Gasteiger partial charge in [0.2, 0.25) is 0 Å². The van der Waals surface area contributed by atoms with E-state index in [4.69, 9.17) is 0 Å². The van der Waals surface area contributed by atoms with Crippen LogP contribution in [0.25, 0.3) is 0 Å². The first-order valence-corrected chi connectivity index (χ1v) is 7.89. The molecule has 1 unspecified atom stereocenters. The molecule has 0 saturated carbocycles. The smallest absolute Gasteiger partial charge is 0.312 e. The average Bonchev–Trinajstić information content (AvgIpc) is 2.92. The van der Waals surface area contributed by atoms with Crippen molar-refractivity contribution in [2.24, 2.45) is 0 Å². The predicted molar refractivity (Wildman–Crippen MR) is 77.5 cm³/mol. The number of hydrogen-bond acceptors (Lipinski definition) is 4. The highest BCUT2D eigenvalue weighted by atomic mass is 32.1. The van der Waals surface area contributed by atoms with Gasteiger partial charge in [0.05, 0.1) is 12.6 Å². The number of aryl methyl sites for hydroxylation is 1. The molecule has 2 aliphatic rings. The van der Waals surface area contributed by atoms with Crippen LogP contribution in [-0.2, 0) is 22.6 Å². The van der Waals surface area contributed by atoms with Crippen molar-refractivity contribution in [1.82, 2.24) is 15.1 Å². The molecule has 3 rings (SSSR count). The lowest BCUT2D eigenvalue weighted by Crippen LogP contribution is -2.65. The lowest BCUT2D eigenvalue weighted by atomic mass is 10.1. The number of nitrogens with zero attached hydrogens (tertiary/aromatic N) is 2. The Hall–Kier alpha value is -1.40. The van der Waals surface area contributed by atoms with Crippen molar-refractivity contribution in [3.8, 4) is 0 Å². The largest absolute Gasteiger partial charge is 0.327 e. The highest BCUT2D eigenvalue weighted by molar-refractivity contribution is 7.11. The van der Waals surface area contributed by atoms with E-state index in [2.05, 4.69) is 24.4 Å². The maximum absolute atomic E-state index is 12.2. The van der Waals surface area contributed by atoms with Gasteiger partial charge in [-0.3, -0.25) is 9.59 Å². The minimum absolute atomic E-state index is 0.125. The van der Waals surface area contributed by atoms with E-state index in [0.717, 1.165) is 24.4 Å². The van der Waals surface area contributed by atoms with Crippen molar-refractivity contribution < 1.29 is 9.59 Å². The molecule has 0 aliphatic carbocycles. The summed E-state index contributed by atoms with van der Waals surface area (Å²) in [5.74, 6) is -0.690. The zero-order valence-corrected chi connectivity index (χ0v) is 12.4. The van der Waals surface area contributed by atoms with E-state index in [-0.39, 0.29) is 17.9 Å². The number of carbonyl (C=O) groups is 2. The highest BCUT2D eigenvalue weighted by Crippen LogP contribution is 2.21. The number of piperazine rings is 2. The summed E-state index contributed by atoms with van der Waals surface area (Å²) in [7, 11) is 0. The van der Waals surface area contributed by atoms with Crippen LogP contribution < -0.4 is 5.32 Å². The topological polar surface area (TPSA) is 52.6 Å². The fourth-order valence-electron chi connectivity index (χ4n) is 2.81. The summed E-state index contributed by atoms with van der Waals surface area (Å²) in [6.45, 7) is 5.51. The molecule has 0 radical (unpaired) electrons.